The third-order valence-electron chi connectivity index (χ3n) is 13.8. The Hall–Kier alpha value is -6.96. The summed E-state index contributed by atoms with van der Waals surface area (Å²) in [6.07, 6.45) is 9.92. The van der Waals surface area contributed by atoms with Crippen LogP contribution in [0.5, 0.6) is 5.75 Å². The molecule has 1 saturated carbocycles. The number of ketones is 1. The van der Waals surface area contributed by atoms with Gasteiger partial charge in [0.2, 0.25) is 5.91 Å². The highest BCUT2D eigenvalue weighted by Gasteiger charge is 2.42. The molecule has 2 aliphatic heterocycles. The number of benzene rings is 3. The van der Waals surface area contributed by atoms with E-state index in [9.17, 15) is 38.6 Å². The zero-order valence-corrected chi connectivity index (χ0v) is 42.4. The summed E-state index contributed by atoms with van der Waals surface area (Å²) in [7, 11) is 0. The van der Waals surface area contributed by atoms with Gasteiger partial charge in [0.1, 0.15) is 5.75 Å². The van der Waals surface area contributed by atoms with Crippen molar-refractivity contribution in [2.45, 2.75) is 88.4 Å². The van der Waals surface area contributed by atoms with Gasteiger partial charge in [0.25, 0.3) is 23.5 Å². The van der Waals surface area contributed by atoms with Crippen LogP contribution in [0.1, 0.15) is 89.5 Å². The van der Waals surface area contributed by atoms with Crippen LogP contribution in [0.2, 0.25) is 0 Å². The highest BCUT2D eigenvalue weighted by molar-refractivity contribution is 7.99. The number of aromatic amines is 1. The van der Waals surface area contributed by atoms with Crippen molar-refractivity contribution < 1.29 is 38.6 Å². The van der Waals surface area contributed by atoms with Gasteiger partial charge in [-0.05, 0) is 88.8 Å². The number of likely N-dealkylation sites (tertiary alicyclic amines) is 1. The van der Waals surface area contributed by atoms with Crippen molar-refractivity contribution in [1.29, 1.82) is 0 Å². The molecular weight excluding hydrogens is 952 g/mol. The number of β-amino-alcohol motifs (C(OH)–C–C–N with tert-alkyl or cyclic N) is 1. The predicted molar refractivity (Wildman–Crippen MR) is 275 cm³/mol. The first-order valence-corrected chi connectivity index (χ1v) is 25.8. The molecule has 3 aromatic heterocycles. The van der Waals surface area contributed by atoms with Crippen LogP contribution >= 0.6 is 11.8 Å². The van der Waals surface area contributed by atoms with E-state index < -0.39 is 29.7 Å². The van der Waals surface area contributed by atoms with Gasteiger partial charge in [-0.25, -0.2) is 14.1 Å². The quantitative estimate of drug-likeness (QED) is 0.0497. The number of phenolic OH excluding ortho intramolecular Hbond substituents is 1. The Morgan fingerprint density at radius 1 is 0.890 bits per heavy atom. The van der Waals surface area contributed by atoms with Gasteiger partial charge in [0.15, 0.2) is 11.6 Å². The van der Waals surface area contributed by atoms with Crippen molar-refractivity contribution in [3.8, 4) is 11.6 Å². The van der Waals surface area contributed by atoms with Crippen molar-refractivity contribution in [2.75, 3.05) is 45.0 Å². The van der Waals surface area contributed by atoms with E-state index >= 15 is 0 Å². The van der Waals surface area contributed by atoms with Crippen LogP contribution < -0.4 is 10.6 Å². The minimum atomic E-state index is -0.886. The third kappa shape index (κ3) is 12.6. The standard InChI is InChI=1S/C32H45N3O4S.C22H18FN7O3/c1-21-25(15-10-16-28(21)36)30(38)33-26(20-40-24-13-6-5-7-14-24)29(37)19-35-18-23-12-9-8-11-22(23)17-27(35)31(39)34-32(2,3)4;23-16-13-25-20(30-7-6-26-27-30)18-17(16)15(12-24-18)19(31)22(33)29-10-8-28(9-11-29)21(32)14-4-2-1-3-5-14/h5-7,10,13-16,22-23,26-27,29,36-37H,8-9,11-12,17-20H2,1-4H3,(H,33,38)(H,34,39);1-7,12-13,24H,8-11H2/t22-,23+,26-,27-,29+;/m0./s1. The lowest BCUT2D eigenvalue weighted by Crippen LogP contribution is -2.60. The molecule has 0 spiro atoms. The minimum absolute atomic E-state index is 0.0124. The molecule has 73 heavy (non-hydrogen) atoms. The molecule has 5 atom stereocenters. The summed E-state index contributed by atoms with van der Waals surface area (Å²) in [5, 5.41) is 35.5. The van der Waals surface area contributed by atoms with E-state index in [-0.39, 0.29) is 70.4 Å². The molecule has 2 saturated heterocycles. The van der Waals surface area contributed by atoms with E-state index in [2.05, 4.69) is 35.8 Å². The normalized spacial score (nSPS) is 19.0. The monoisotopic (exact) mass is 1010 g/mol. The molecule has 0 unspecified atom stereocenters. The molecule has 4 amide bonds. The maximum Gasteiger partial charge on any atom is 0.295 e. The fourth-order valence-electron chi connectivity index (χ4n) is 9.97. The first-order valence-electron chi connectivity index (χ1n) is 24.8. The van der Waals surface area contributed by atoms with Crippen molar-refractivity contribution in [3.63, 3.8) is 0 Å². The number of nitrogens with one attached hydrogen (secondary N) is 3. The highest BCUT2D eigenvalue weighted by atomic mass is 32.2. The number of piperidine rings is 1. The Bertz CT molecular complexity index is 2890. The van der Waals surface area contributed by atoms with Crippen LogP contribution in [0, 0.1) is 24.6 Å². The molecule has 384 valence electrons. The first kappa shape index (κ1) is 52.4. The van der Waals surface area contributed by atoms with Crippen molar-refractivity contribution in [3.05, 3.63) is 132 Å². The van der Waals surface area contributed by atoms with Crippen LogP contribution in [-0.2, 0) is 9.59 Å². The van der Waals surface area contributed by atoms with Crippen LogP contribution in [0.25, 0.3) is 16.7 Å². The number of carbonyl (C=O) groups excluding carboxylic acids is 5. The van der Waals surface area contributed by atoms with Crippen molar-refractivity contribution >= 4 is 52.1 Å². The molecule has 19 heteroatoms. The lowest BCUT2D eigenvalue weighted by Gasteiger charge is -2.47. The van der Waals surface area contributed by atoms with Gasteiger partial charge in [-0.1, -0.05) is 66.9 Å². The van der Waals surface area contributed by atoms with E-state index in [1.165, 1.54) is 41.0 Å². The van der Waals surface area contributed by atoms with Gasteiger partial charge in [0.05, 0.1) is 53.2 Å². The third-order valence-corrected chi connectivity index (χ3v) is 15.0. The van der Waals surface area contributed by atoms with Gasteiger partial charge in [-0.3, -0.25) is 28.9 Å². The summed E-state index contributed by atoms with van der Waals surface area (Å²) in [6, 6.07) is 22.8. The summed E-state index contributed by atoms with van der Waals surface area (Å²) in [6.45, 7) is 9.78. The van der Waals surface area contributed by atoms with Gasteiger partial charge in [-0.15, -0.1) is 16.9 Å². The summed E-state index contributed by atoms with van der Waals surface area (Å²) in [4.78, 5) is 78.4. The largest absolute Gasteiger partial charge is 0.508 e. The molecule has 0 bridgehead atoms. The number of hydrogen-bond donors (Lipinski definition) is 5. The second-order valence-corrected chi connectivity index (χ2v) is 21.1. The smallest absolute Gasteiger partial charge is 0.295 e. The zero-order valence-electron chi connectivity index (χ0n) is 41.5. The van der Waals surface area contributed by atoms with E-state index in [0.29, 0.717) is 53.9 Å². The number of carbonyl (C=O) groups is 5. The van der Waals surface area contributed by atoms with E-state index in [1.54, 1.807) is 66.1 Å². The van der Waals surface area contributed by atoms with Gasteiger partial charge in [0, 0.05) is 78.3 Å². The molecule has 6 aromatic rings. The number of fused-ring (bicyclic) bond motifs is 2. The number of piperazine rings is 1. The van der Waals surface area contributed by atoms with E-state index in [0.717, 1.165) is 36.9 Å². The number of H-pyrrole nitrogens is 1. The summed E-state index contributed by atoms with van der Waals surface area (Å²) >= 11 is 1.57. The van der Waals surface area contributed by atoms with Crippen molar-refractivity contribution in [2.24, 2.45) is 11.8 Å². The number of thioether (sulfide) groups is 1. The van der Waals surface area contributed by atoms with E-state index in [4.69, 9.17) is 0 Å². The fourth-order valence-corrected chi connectivity index (χ4v) is 11.0. The number of aliphatic hydroxyl groups excluding tert-OH is 1. The SMILES string of the molecule is Cc1c(O)cccc1C(=O)N[C@@H](CSc1ccccc1)[C@H](O)CN1C[C@H]2CCCC[C@H]2C[C@H]1C(=O)NC(C)(C)C.O=C(C(=O)N1CCN(C(=O)c2ccccc2)CC1)c1c[nH]c2c(-n3ccnn3)ncc(F)c12. The lowest BCUT2D eigenvalue weighted by molar-refractivity contribution is -0.132. The number of aliphatic hydroxyl groups is 1. The average Bonchev–Trinajstić information content (AvgIpc) is 4.10. The maximum atomic E-state index is 14.6. The van der Waals surface area contributed by atoms with Crippen LogP contribution in [-0.4, -0.2) is 148 Å². The number of hydrogen-bond acceptors (Lipinski definition) is 12. The Morgan fingerprint density at radius 3 is 2.26 bits per heavy atom. The predicted octanol–water partition coefficient (Wildman–Crippen LogP) is 6.20. The maximum absolute atomic E-state index is 14.6. The van der Waals surface area contributed by atoms with E-state index in [1.807, 2.05) is 57.2 Å². The summed E-state index contributed by atoms with van der Waals surface area (Å²) < 4.78 is 16.0. The summed E-state index contributed by atoms with van der Waals surface area (Å²) in [5.41, 5.74) is 1.26. The number of nitrogens with zero attached hydrogens (tertiary/aromatic N) is 7. The molecule has 3 aromatic carbocycles. The molecule has 17 nitrogen and oxygen atoms in total. The Morgan fingerprint density at radius 2 is 1.58 bits per heavy atom. The number of phenols is 1. The van der Waals surface area contributed by atoms with Gasteiger partial charge < -0.3 is 35.6 Å². The number of pyridine rings is 1. The van der Waals surface area contributed by atoms with Crippen LogP contribution in [0.4, 0.5) is 4.39 Å². The molecule has 5 heterocycles. The highest BCUT2D eigenvalue weighted by Crippen LogP contribution is 2.39. The topological polar surface area (TPSA) is 219 Å². The van der Waals surface area contributed by atoms with Crippen LogP contribution in [0.3, 0.4) is 0 Å². The Labute approximate surface area is 427 Å². The number of rotatable bonds is 13. The molecule has 0 radical (unpaired) electrons. The van der Waals surface area contributed by atoms with Crippen molar-refractivity contribution in [1.82, 2.24) is 50.3 Å². The van der Waals surface area contributed by atoms with Gasteiger partial charge in [-0.2, -0.15) is 0 Å². The first-order chi connectivity index (χ1) is 35.1. The number of halogens is 1. The molecule has 3 fully saturated rings. The number of aromatic nitrogens is 5. The van der Waals surface area contributed by atoms with Crippen LogP contribution in [0.15, 0.2) is 109 Å². The Kier molecular flexibility index (Phi) is 16.7. The Balaban J connectivity index is 0.000000198. The number of aromatic hydroxyl groups is 1. The summed E-state index contributed by atoms with van der Waals surface area (Å²) in [5.74, 6) is -0.914. The van der Waals surface area contributed by atoms with Gasteiger partial charge >= 0.3 is 0 Å². The zero-order chi connectivity index (χ0) is 51.8. The number of amides is 4. The fraction of sp³-hybridized carbons (Fsp3) is 0.407. The second kappa shape index (κ2) is 23.3. The second-order valence-electron chi connectivity index (χ2n) is 20.0. The molecule has 1 aliphatic carbocycles. The molecule has 3 aliphatic rings. The molecular formula is C54H63FN10O7S. The number of Topliss-reactive ketones (excluding diaryl/α,β-unsaturated/α-hetero) is 1. The lowest BCUT2D eigenvalue weighted by atomic mass is 9.72. The average molecular weight is 1020 g/mol. The molecule has 5 N–H and O–H groups in total. The molecule has 9 rings (SSSR count). The minimum Gasteiger partial charge on any atom is -0.508 e.